The normalized spacial score (nSPS) is 12.0. The summed E-state index contributed by atoms with van der Waals surface area (Å²) in [6, 6.07) is 6.64. The van der Waals surface area contributed by atoms with Crippen molar-refractivity contribution in [2.45, 2.75) is 32.7 Å². The minimum atomic E-state index is -0.662. The number of carbonyl (C=O) groups excluding carboxylic acids is 2. The van der Waals surface area contributed by atoms with Gasteiger partial charge < -0.3 is 14.8 Å². The fraction of sp³-hybridized carbons (Fsp3) is 0.412. The van der Waals surface area contributed by atoms with E-state index >= 15 is 0 Å². The zero-order valence-electron chi connectivity index (χ0n) is 13.3. The molecule has 120 valence electrons. The van der Waals surface area contributed by atoms with Crippen molar-refractivity contribution < 1.29 is 19.1 Å². The van der Waals surface area contributed by atoms with E-state index in [1.165, 1.54) is 6.08 Å². The van der Waals surface area contributed by atoms with E-state index < -0.39 is 12.0 Å². The highest BCUT2D eigenvalue weighted by Crippen LogP contribution is 2.12. The minimum absolute atomic E-state index is 0.337. The highest BCUT2D eigenvalue weighted by Gasteiger charge is 2.15. The van der Waals surface area contributed by atoms with Crippen LogP contribution in [0.3, 0.4) is 0 Å². The van der Waals surface area contributed by atoms with Crippen molar-refractivity contribution in [3.63, 3.8) is 0 Å². The lowest BCUT2D eigenvalue weighted by molar-refractivity contribution is -0.147. The van der Waals surface area contributed by atoms with Crippen LogP contribution >= 0.6 is 0 Å². The first-order valence-corrected chi connectivity index (χ1v) is 7.36. The largest absolute Gasteiger partial charge is 0.497 e. The predicted octanol–water partition coefficient (Wildman–Crippen LogP) is 2.56. The molecule has 0 unspecified atom stereocenters. The Bertz CT molecular complexity index is 508. The molecule has 0 radical (unpaired) electrons. The van der Waals surface area contributed by atoms with Crippen molar-refractivity contribution in [2.75, 3.05) is 13.7 Å². The molecular formula is C17H23NO4. The second-order valence-corrected chi connectivity index (χ2v) is 4.86. The molecule has 0 aliphatic rings. The molecule has 0 aromatic heterocycles. The summed E-state index contributed by atoms with van der Waals surface area (Å²) in [6.07, 6.45) is 4.84. The molecule has 1 atom stereocenters. The number of methoxy groups -OCH3 is 1. The number of carbonyl (C=O) groups is 2. The fourth-order valence-electron chi connectivity index (χ4n) is 1.65. The Hall–Kier alpha value is -2.30. The van der Waals surface area contributed by atoms with Crippen LogP contribution in [0.15, 0.2) is 30.3 Å². The van der Waals surface area contributed by atoms with E-state index in [2.05, 4.69) is 5.32 Å². The summed E-state index contributed by atoms with van der Waals surface area (Å²) in [6.45, 7) is 4.01. The molecule has 0 spiro atoms. The van der Waals surface area contributed by atoms with Gasteiger partial charge in [0.25, 0.3) is 0 Å². The molecule has 0 bridgehead atoms. The van der Waals surface area contributed by atoms with Gasteiger partial charge in [0, 0.05) is 6.08 Å². The van der Waals surface area contributed by atoms with Gasteiger partial charge in [0.15, 0.2) is 0 Å². The number of hydrogen-bond donors (Lipinski definition) is 1. The van der Waals surface area contributed by atoms with Gasteiger partial charge in [0.1, 0.15) is 11.8 Å². The third kappa shape index (κ3) is 6.43. The first kappa shape index (κ1) is 17.8. The van der Waals surface area contributed by atoms with E-state index in [9.17, 15) is 9.59 Å². The van der Waals surface area contributed by atoms with E-state index in [0.29, 0.717) is 6.61 Å². The van der Waals surface area contributed by atoms with Crippen molar-refractivity contribution in [1.29, 1.82) is 0 Å². The molecule has 0 aliphatic carbocycles. The van der Waals surface area contributed by atoms with Gasteiger partial charge in [0.05, 0.1) is 13.7 Å². The van der Waals surface area contributed by atoms with Gasteiger partial charge >= 0.3 is 5.97 Å². The van der Waals surface area contributed by atoms with Crippen molar-refractivity contribution in [3.8, 4) is 5.75 Å². The van der Waals surface area contributed by atoms with Gasteiger partial charge in [-0.3, -0.25) is 4.79 Å². The number of ether oxygens (including phenoxy) is 2. The van der Waals surface area contributed by atoms with Crippen LogP contribution in [0.4, 0.5) is 0 Å². The van der Waals surface area contributed by atoms with Crippen LogP contribution in [-0.2, 0) is 14.3 Å². The molecule has 5 nitrogen and oxygen atoms in total. The van der Waals surface area contributed by atoms with Crippen LogP contribution in [0.2, 0.25) is 0 Å². The zero-order valence-corrected chi connectivity index (χ0v) is 13.3. The van der Waals surface area contributed by atoms with Crippen LogP contribution in [0, 0.1) is 0 Å². The molecular weight excluding hydrogens is 282 g/mol. The Morgan fingerprint density at radius 1 is 1.27 bits per heavy atom. The predicted molar refractivity (Wildman–Crippen MR) is 85.5 cm³/mol. The first-order chi connectivity index (χ1) is 10.6. The number of esters is 1. The lowest BCUT2D eigenvalue weighted by Gasteiger charge is -2.11. The summed E-state index contributed by atoms with van der Waals surface area (Å²) in [7, 11) is 1.60. The summed E-state index contributed by atoms with van der Waals surface area (Å²) in [5, 5.41) is 2.57. The molecule has 1 aromatic rings. The molecule has 0 saturated heterocycles. The average Bonchev–Trinajstić information content (AvgIpc) is 2.53. The Morgan fingerprint density at radius 2 is 1.95 bits per heavy atom. The van der Waals surface area contributed by atoms with E-state index in [4.69, 9.17) is 9.47 Å². The molecule has 1 N–H and O–H groups in total. The molecule has 0 saturated carbocycles. The fourth-order valence-corrected chi connectivity index (χ4v) is 1.65. The SMILES string of the molecule is CCCCOC(=O)[C@H](C)NC(=O)/C=C/c1ccc(OC)cc1. The number of amides is 1. The van der Waals surface area contributed by atoms with Gasteiger partial charge in [-0.2, -0.15) is 0 Å². The molecule has 1 aromatic carbocycles. The first-order valence-electron chi connectivity index (χ1n) is 7.36. The number of rotatable bonds is 8. The molecule has 0 heterocycles. The maximum atomic E-state index is 11.8. The second-order valence-electron chi connectivity index (χ2n) is 4.86. The summed E-state index contributed by atoms with van der Waals surface area (Å²) in [4.78, 5) is 23.4. The molecule has 1 rings (SSSR count). The molecule has 22 heavy (non-hydrogen) atoms. The molecule has 0 fully saturated rings. The average molecular weight is 305 g/mol. The molecule has 1 amide bonds. The number of unbranched alkanes of at least 4 members (excludes halogenated alkanes) is 1. The van der Waals surface area contributed by atoms with E-state index in [-0.39, 0.29) is 5.91 Å². The van der Waals surface area contributed by atoms with Crippen LogP contribution in [-0.4, -0.2) is 31.6 Å². The maximum absolute atomic E-state index is 11.8. The number of nitrogens with one attached hydrogen (secondary N) is 1. The standard InChI is InChI=1S/C17H23NO4/c1-4-5-12-22-17(20)13(2)18-16(19)11-8-14-6-9-15(21-3)10-7-14/h6-11,13H,4-5,12H2,1-3H3,(H,18,19)/b11-8+/t13-/m0/s1. The van der Waals surface area contributed by atoms with E-state index in [1.807, 2.05) is 31.2 Å². The summed E-state index contributed by atoms with van der Waals surface area (Å²) >= 11 is 0. The number of benzene rings is 1. The van der Waals surface area contributed by atoms with Crippen molar-refractivity contribution in [3.05, 3.63) is 35.9 Å². The van der Waals surface area contributed by atoms with Crippen molar-refractivity contribution in [1.82, 2.24) is 5.32 Å². The zero-order chi connectivity index (χ0) is 16.4. The summed E-state index contributed by atoms with van der Waals surface area (Å²) in [5.41, 5.74) is 0.870. The minimum Gasteiger partial charge on any atom is -0.497 e. The Balaban J connectivity index is 2.43. The third-order valence-electron chi connectivity index (χ3n) is 3.00. The van der Waals surface area contributed by atoms with E-state index in [0.717, 1.165) is 24.2 Å². The number of hydrogen-bond acceptors (Lipinski definition) is 4. The summed E-state index contributed by atoms with van der Waals surface area (Å²) < 4.78 is 10.1. The van der Waals surface area contributed by atoms with Gasteiger partial charge in [-0.05, 0) is 37.1 Å². The van der Waals surface area contributed by atoms with Gasteiger partial charge in [-0.25, -0.2) is 4.79 Å². The van der Waals surface area contributed by atoms with E-state index in [1.54, 1.807) is 20.1 Å². The lowest BCUT2D eigenvalue weighted by atomic mass is 10.2. The summed E-state index contributed by atoms with van der Waals surface area (Å²) in [5.74, 6) is 0.000422. The van der Waals surface area contributed by atoms with Crippen molar-refractivity contribution >= 4 is 18.0 Å². The monoisotopic (exact) mass is 305 g/mol. The van der Waals surface area contributed by atoms with Crippen LogP contribution in [0.1, 0.15) is 32.3 Å². The highest BCUT2D eigenvalue weighted by atomic mass is 16.5. The van der Waals surface area contributed by atoms with Crippen LogP contribution in [0.25, 0.3) is 6.08 Å². The van der Waals surface area contributed by atoms with Crippen molar-refractivity contribution in [2.24, 2.45) is 0 Å². The Kier molecular flexibility index (Phi) is 7.75. The van der Waals surface area contributed by atoms with Gasteiger partial charge in [-0.15, -0.1) is 0 Å². The Morgan fingerprint density at radius 3 is 2.55 bits per heavy atom. The van der Waals surface area contributed by atoms with Crippen LogP contribution < -0.4 is 10.1 Å². The quantitative estimate of drug-likeness (QED) is 0.455. The van der Waals surface area contributed by atoms with Crippen LogP contribution in [0.5, 0.6) is 5.75 Å². The smallest absolute Gasteiger partial charge is 0.328 e. The van der Waals surface area contributed by atoms with Gasteiger partial charge in [-0.1, -0.05) is 25.5 Å². The lowest BCUT2D eigenvalue weighted by Crippen LogP contribution is -2.38. The third-order valence-corrected chi connectivity index (χ3v) is 3.00. The molecule has 0 aliphatic heterocycles. The second kappa shape index (κ2) is 9.60. The molecule has 5 heteroatoms. The Labute approximate surface area is 131 Å². The highest BCUT2D eigenvalue weighted by molar-refractivity contribution is 5.94. The topological polar surface area (TPSA) is 64.6 Å². The maximum Gasteiger partial charge on any atom is 0.328 e. The van der Waals surface area contributed by atoms with Gasteiger partial charge in [0.2, 0.25) is 5.91 Å².